The minimum absolute atomic E-state index is 0.0205. The Morgan fingerprint density at radius 3 is 2.64 bits per heavy atom. The van der Waals surface area contributed by atoms with Gasteiger partial charge in [0.05, 0.1) is 5.75 Å². The second-order valence-corrected chi connectivity index (χ2v) is 9.80. The predicted octanol–water partition coefficient (Wildman–Crippen LogP) is 2.63. The van der Waals surface area contributed by atoms with E-state index >= 15 is 0 Å². The van der Waals surface area contributed by atoms with E-state index in [0.717, 1.165) is 11.1 Å². The zero-order chi connectivity index (χ0) is 20.7. The molecule has 1 unspecified atom stereocenters. The molecule has 0 spiro atoms. The molecule has 0 bridgehead atoms. The summed E-state index contributed by atoms with van der Waals surface area (Å²) in [6, 6.07) is 5.54. The molecule has 2 aliphatic rings. The van der Waals surface area contributed by atoms with Gasteiger partial charge in [-0.3, -0.25) is 4.79 Å². The second kappa shape index (κ2) is 7.35. The van der Waals surface area contributed by atoms with Crippen molar-refractivity contribution in [2.45, 2.75) is 45.8 Å². The number of rotatable bonds is 3. The van der Waals surface area contributed by atoms with Crippen LogP contribution in [0, 0.1) is 5.92 Å². The summed E-state index contributed by atoms with van der Waals surface area (Å²) in [6.45, 7) is 6.60. The third kappa shape index (κ3) is 5.01. The van der Waals surface area contributed by atoms with Crippen LogP contribution in [0.5, 0.6) is 0 Å². The number of nitrogens with zero attached hydrogens (tertiary/aromatic N) is 2. The quantitative estimate of drug-likeness (QED) is 0.713. The third-order valence-corrected chi connectivity index (χ3v) is 5.67. The monoisotopic (exact) mass is 412 g/mol. The molecule has 0 saturated carbocycles. The van der Waals surface area contributed by atoms with E-state index < -0.39 is 27.5 Å². The molecule has 1 aromatic carbocycles. The summed E-state index contributed by atoms with van der Waals surface area (Å²) in [5.74, 6) is -1.38. The van der Waals surface area contributed by atoms with E-state index in [1.807, 2.05) is 32.9 Å². The van der Waals surface area contributed by atoms with Crippen LogP contribution in [0.25, 0.3) is 0 Å². The van der Waals surface area contributed by atoms with Gasteiger partial charge in [-0.05, 0) is 50.5 Å². The highest BCUT2D eigenvalue weighted by Gasteiger charge is 2.34. The van der Waals surface area contributed by atoms with Crippen LogP contribution in [0.2, 0.25) is 0 Å². The standard InChI is InChI=1S/C19H25FN2O5S/c1-19(2,3)27-18(24)21-7-6-14-9-16(5-4-15(14)11-21)22-10-13(8-17(22)23)12-28(20,25)26/h4-5,9,13H,6-8,10-12H2,1-3H3. The normalized spacial score (nSPS) is 20.3. The first-order valence-electron chi connectivity index (χ1n) is 9.24. The van der Waals surface area contributed by atoms with Crippen LogP contribution in [0.3, 0.4) is 0 Å². The average molecular weight is 412 g/mol. The molecule has 1 fully saturated rings. The molecule has 28 heavy (non-hydrogen) atoms. The lowest BCUT2D eigenvalue weighted by molar-refractivity contribution is -0.117. The molecule has 154 valence electrons. The van der Waals surface area contributed by atoms with Gasteiger partial charge in [-0.2, -0.15) is 8.42 Å². The Morgan fingerprint density at radius 1 is 1.29 bits per heavy atom. The predicted molar refractivity (Wildman–Crippen MR) is 102 cm³/mol. The highest BCUT2D eigenvalue weighted by atomic mass is 32.3. The Hall–Kier alpha value is -2.16. The molecule has 1 atom stereocenters. The fraction of sp³-hybridized carbons (Fsp3) is 0.579. The highest BCUT2D eigenvalue weighted by molar-refractivity contribution is 7.86. The number of carbonyl (C=O) groups excluding carboxylic acids is 2. The Kier molecular flexibility index (Phi) is 5.40. The summed E-state index contributed by atoms with van der Waals surface area (Å²) < 4.78 is 40.1. The fourth-order valence-electron chi connectivity index (χ4n) is 3.61. The molecular formula is C19H25FN2O5S. The maximum Gasteiger partial charge on any atom is 0.410 e. The molecule has 3 rings (SSSR count). The zero-order valence-corrected chi connectivity index (χ0v) is 17.1. The number of benzene rings is 1. The molecule has 0 N–H and O–H groups in total. The first-order valence-corrected chi connectivity index (χ1v) is 10.8. The molecule has 0 aromatic heterocycles. The smallest absolute Gasteiger partial charge is 0.410 e. The topological polar surface area (TPSA) is 84.0 Å². The molecule has 2 aliphatic heterocycles. The third-order valence-electron chi connectivity index (χ3n) is 4.81. The van der Waals surface area contributed by atoms with Crippen molar-refractivity contribution in [2.24, 2.45) is 5.92 Å². The van der Waals surface area contributed by atoms with Crippen LogP contribution in [-0.4, -0.2) is 49.8 Å². The van der Waals surface area contributed by atoms with Crippen molar-refractivity contribution in [1.29, 1.82) is 0 Å². The number of fused-ring (bicyclic) bond motifs is 1. The molecule has 7 nitrogen and oxygen atoms in total. The van der Waals surface area contributed by atoms with Gasteiger partial charge in [-0.15, -0.1) is 3.89 Å². The van der Waals surface area contributed by atoms with Gasteiger partial charge in [0.1, 0.15) is 5.60 Å². The summed E-state index contributed by atoms with van der Waals surface area (Å²) in [5.41, 5.74) is 2.14. The lowest BCUT2D eigenvalue weighted by Crippen LogP contribution is -2.40. The van der Waals surface area contributed by atoms with Gasteiger partial charge in [0.2, 0.25) is 5.91 Å². The van der Waals surface area contributed by atoms with Gasteiger partial charge < -0.3 is 14.5 Å². The molecular weight excluding hydrogens is 387 g/mol. The Labute approximate surface area is 164 Å². The van der Waals surface area contributed by atoms with Gasteiger partial charge in [0, 0.05) is 37.7 Å². The Bertz CT molecular complexity index is 894. The minimum Gasteiger partial charge on any atom is -0.444 e. The number of hydrogen-bond donors (Lipinski definition) is 0. The lowest BCUT2D eigenvalue weighted by Gasteiger charge is -2.31. The van der Waals surface area contributed by atoms with Crippen LogP contribution in [0.4, 0.5) is 14.4 Å². The van der Waals surface area contributed by atoms with E-state index in [9.17, 15) is 21.9 Å². The van der Waals surface area contributed by atoms with E-state index in [1.165, 1.54) is 4.90 Å². The Balaban J connectivity index is 1.70. The number of anilines is 1. The molecule has 9 heteroatoms. The molecule has 1 saturated heterocycles. The maximum absolute atomic E-state index is 12.9. The number of hydrogen-bond acceptors (Lipinski definition) is 5. The average Bonchev–Trinajstić information content (AvgIpc) is 2.90. The summed E-state index contributed by atoms with van der Waals surface area (Å²) in [4.78, 5) is 27.7. The van der Waals surface area contributed by atoms with E-state index in [4.69, 9.17) is 4.74 Å². The number of amides is 2. The Morgan fingerprint density at radius 2 is 2.00 bits per heavy atom. The summed E-state index contributed by atoms with van der Waals surface area (Å²) >= 11 is 0. The summed E-state index contributed by atoms with van der Waals surface area (Å²) in [5, 5.41) is 0. The molecule has 0 aliphatic carbocycles. The largest absolute Gasteiger partial charge is 0.444 e. The lowest BCUT2D eigenvalue weighted by atomic mass is 9.99. The van der Waals surface area contributed by atoms with Crippen LogP contribution in [0.1, 0.15) is 38.3 Å². The van der Waals surface area contributed by atoms with E-state index in [-0.39, 0.29) is 25.0 Å². The number of halogens is 1. The van der Waals surface area contributed by atoms with E-state index in [0.29, 0.717) is 25.2 Å². The first-order chi connectivity index (χ1) is 12.9. The van der Waals surface area contributed by atoms with Crippen molar-refractivity contribution in [3.63, 3.8) is 0 Å². The van der Waals surface area contributed by atoms with Crippen LogP contribution < -0.4 is 4.90 Å². The van der Waals surface area contributed by atoms with Crippen molar-refractivity contribution >= 4 is 27.9 Å². The minimum atomic E-state index is -4.61. The van der Waals surface area contributed by atoms with Crippen LogP contribution in [0.15, 0.2) is 18.2 Å². The molecule has 2 amide bonds. The maximum atomic E-state index is 12.9. The van der Waals surface area contributed by atoms with Crippen molar-refractivity contribution < 1.29 is 26.6 Å². The zero-order valence-electron chi connectivity index (χ0n) is 16.3. The van der Waals surface area contributed by atoms with Gasteiger partial charge in [0.25, 0.3) is 0 Å². The second-order valence-electron chi connectivity index (χ2n) is 8.38. The fourth-order valence-corrected chi connectivity index (χ4v) is 4.40. The van der Waals surface area contributed by atoms with Gasteiger partial charge in [-0.1, -0.05) is 6.07 Å². The summed E-state index contributed by atoms with van der Waals surface area (Å²) in [6.07, 6.45) is 0.298. The highest BCUT2D eigenvalue weighted by Crippen LogP contribution is 2.30. The number of carbonyl (C=O) groups is 2. The first kappa shape index (κ1) is 20.6. The molecule has 2 heterocycles. The van der Waals surface area contributed by atoms with Crippen LogP contribution >= 0.6 is 0 Å². The van der Waals surface area contributed by atoms with E-state index in [2.05, 4.69) is 0 Å². The van der Waals surface area contributed by atoms with Gasteiger partial charge in [0.15, 0.2) is 0 Å². The SMILES string of the molecule is CC(C)(C)OC(=O)N1CCc2cc(N3CC(CS(=O)(=O)F)CC3=O)ccc2C1. The molecule has 0 radical (unpaired) electrons. The van der Waals surface area contributed by atoms with Crippen molar-refractivity contribution in [3.05, 3.63) is 29.3 Å². The van der Waals surface area contributed by atoms with Crippen LogP contribution in [-0.2, 0) is 32.7 Å². The van der Waals surface area contributed by atoms with Gasteiger partial charge in [-0.25, -0.2) is 4.79 Å². The van der Waals surface area contributed by atoms with Crippen molar-refractivity contribution in [2.75, 3.05) is 23.7 Å². The summed E-state index contributed by atoms with van der Waals surface area (Å²) in [7, 11) is -4.61. The van der Waals surface area contributed by atoms with Gasteiger partial charge >= 0.3 is 16.3 Å². The van der Waals surface area contributed by atoms with E-state index in [1.54, 1.807) is 11.0 Å². The van der Waals surface area contributed by atoms with Crippen molar-refractivity contribution in [3.8, 4) is 0 Å². The number of ether oxygens (including phenoxy) is 1. The van der Waals surface area contributed by atoms with Crippen molar-refractivity contribution in [1.82, 2.24) is 4.90 Å². The molecule has 1 aromatic rings.